The third-order valence-electron chi connectivity index (χ3n) is 4.15. The summed E-state index contributed by atoms with van der Waals surface area (Å²) >= 11 is 1.11. The fraction of sp³-hybridized carbons (Fsp3) is 0.263. The monoisotopic (exact) mass is 475 g/mol. The van der Waals surface area contributed by atoms with Crippen LogP contribution in [0.5, 0.6) is 0 Å². The van der Waals surface area contributed by atoms with Crippen LogP contribution in [0.2, 0.25) is 0 Å². The number of benzene rings is 2. The molecule has 2 aromatic carbocycles. The van der Waals surface area contributed by atoms with E-state index in [2.05, 4.69) is 4.98 Å². The summed E-state index contributed by atoms with van der Waals surface area (Å²) in [7, 11) is -0.344. The predicted octanol–water partition coefficient (Wildman–Crippen LogP) is 3.36. The van der Waals surface area contributed by atoms with Crippen molar-refractivity contribution in [2.45, 2.75) is 4.90 Å². The molecule has 0 saturated heterocycles. The maximum atomic E-state index is 14.0. The lowest BCUT2D eigenvalue weighted by molar-refractivity contribution is -0.116. The third kappa shape index (κ3) is 5.51. The highest BCUT2D eigenvalue weighted by atomic mass is 35.5. The van der Waals surface area contributed by atoms with Gasteiger partial charge >= 0.3 is 0 Å². The van der Waals surface area contributed by atoms with Crippen molar-refractivity contribution in [2.75, 3.05) is 37.8 Å². The number of carbonyl (C=O) groups is 1. The van der Waals surface area contributed by atoms with Gasteiger partial charge in [-0.2, -0.15) is 0 Å². The second-order valence-corrected chi connectivity index (χ2v) is 9.64. The Balaban J connectivity index is 0.00000320. The predicted molar refractivity (Wildman–Crippen MR) is 116 cm³/mol. The van der Waals surface area contributed by atoms with E-state index < -0.39 is 33.1 Å². The molecule has 0 saturated carbocycles. The number of hydrogen-bond donors (Lipinski definition) is 0. The van der Waals surface area contributed by atoms with Gasteiger partial charge in [0.25, 0.3) is 0 Å². The highest BCUT2D eigenvalue weighted by Crippen LogP contribution is 2.30. The lowest BCUT2D eigenvalue weighted by atomic mass is 10.3. The molecular formula is C19H20ClF2N3O3S2. The number of rotatable bonds is 7. The average molecular weight is 476 g/mol. The molecule has 30 heavy (non-hydrogen) atoms. The van der Waals surface area contributed by atoms with E-state index in [1.165, 1.54) is 11.0 Å². The van der Waals surface area contributed by atoms with Crippen molar-refractivity contribution in [2.24, 2.45) is 0 Å². The molecule has 0 N–H and O–H groups in total. The first kappa shape index (κ1) is 24.1. The number of sulfone groups is 1. The van der Waals surface area contributed by atoms with Gasteiger partial charge in [0.15, 0.2) is 15.0 Å². The minimum Gasteiger partial charge on any atom is -0.308 e. The highest BCUT2D eigenvalue weighted by molar-refractivity contribution is 7.92. The second-order valence-electron chi connectivity index (χ2n) is 6.64. The van der Waals surface area contributed by atoms with Gasteiger partial charge in [-0.25, -0.2) is 22.2 Å². The molecule has 3 rings (SSSR count). The molecule has 162 valence electrons. The summed E-state index contributed by atoms with van der Waals surface area (Å²) in [5.74, 6) is -2.57. The fourth-order valence-electron chi connectivity index (χ4n) is 2.61. The summed E-state index contributed by atoms with van der Waals surface area (Å²) in [6.07, 6.45) is 0. The largest absolute Gasteiger partial charge is 0.308 e. The molecule has 0 bridgehead atoms. The van der Waals surface area contributed by atoms with Crippen LogP contribution in [-0.4, -0.2) is 57.1 Å². The van der Waals surface area contributed by atoms with Crippen LogP contribution in [0.4, 0.5) is 13.9 Å². The zero-order chi connectivity index (χ0) is 21.2. The van der Waals surface area contributed by atoms with Crippen molar-refractivity contribution in [3.8, 4) is 0 Å². The van der Waals surface area contributed by atoms with Crippen molar-refractivity contribution in [1.29, 1.82) is 0 Å². The molecule has 3 aromatic rings. The van der Waals surface area contributed by atoms with Crippen molar-refractivity contribution in [1.82, 2.24) is 9.88 Å². The minimum absolute atomic E-state index is 0. The summed E-state index contributed by atoms with van der Waals surface area (Å²) in [5.41, 5.74) is 0.136. The Morgan fingerprint density at radius 3 is 2.33 bits per heavy atom. The number of para-hydroxylation sites is 1. The second kappa shape index (κ2) is 9.78. The van der Waals surface area contributed by atoms with Crippen LogP contribution < -0.4 is 4.90 Å². The zero-order valence-corrected chi connectivity index (χ0v) is 18.7. The first-order chi connectivity index (χ1) is 13.7. The number of amides is 1. The molecule has 0 atom stereocenters. The first-order valence-corrected chi connectivity index (χ1v) is 11.1. The number of carbonyl (C=O) groups excluding carboxylic acids is 1. The molecule has 1 heterocycles. The molecule has 0 aliphatic carbocycles. The lowest BCUT2D eigenvalue weighted by Crippen LogP contribution is -2.40. The van der Waals surface area contributed by atoms with E-state index in [4.69, 9.17) is 0 Å². The van der Waals surface area contributed by atoms with E-state index in [1.54, 1.807) is 12.1 Å². The fourth-order valence-corrected chi connectivity index (χ4v) is 4.83. The van der Waals surface area contributed by atoms with Gasteiger partial charge in [-0.15, -0.1) is 12.4 Å². The maximum absolute atomic E-state index is 14.0. The topological polar surface area (TPSA) is 70.6 Å². The van der Waals surface area contributed by atoms with Crippen molar-refractivity contribution in [3.63, 3.8) is 0 Å². The van der Waals surface area contributed by atoms with Gasteiger partial charge in [-0.05, 0) is 50.5 Å². The number of likely N-dealkylation sites (N-methyl/N-ethyl adjacent to an activating group) is 1. The molecule has 1 amide bonds. The van der Waals surface area contributed by atoms with Crippen LogP contribution in [0.15, 0.2) is 47.4 Å². The molecule has 0 aliphatic heterocycles. The average Bonchev–Trinajstić information content (AvgIpc) is 3.07. The maximum Gasteiger partial charge on any atom is 0.244 e. The van der Waals surface area contributed by atoms with Gasteiger partial charge in [0.05, 0.1) is 9.60 Å². The normalized spacial score (nSPS) is 11.5. The van der Waals surface area contributed by atoms with Gasteiger partial charge < -0.3 is 4.90 Å². The van der Waals surface area contributed by atoms with E-state index >= 15 is 0 Å². The standard InChI is InChI=1S/C19H19F2N3O3S2.ClH/c1-23(2)10-11-24(19-22-18-15(21)4-3-5-16(18)28-19)17(25)12-29(26,27)14-8-6-13(20)7-9-14;/h3-9H,10-12H2,1-2H3;1H. The molecule has 0 aliphatic rings. The van der Waals surface area contributed by atoms with Crippen molar-refractivity contribution < 1.29 is 22.0 Å². The number of halogens is 3. The Bertz CT molecular complexity index is 1140. The van der Waals surface area contributed by atoms with Gasteiger partial charge in [-0.3, -0.25) is 9.69 Å². The number of nitrogens with zero attached hydrogens (tertiary/aromatic N) is 3. The van der Waals surface area contributed by atoms with Gasteiger partial charge in [0.1, 0.15) is 22.9 Å². The van der Waals surface area contributed by atoms with E-state index in [0.29, 0.717) is 11.2 Å². The molecular weight excluding hydrogens is 456 g/mol. The Labute approximate surface area is 183 Å². The summed E-state index contributed by atoms with van der Waals surface area (Å²) in [6, 6.07) is 8.80. The smallest absolute Gasteiger partial charge is 0.244 e. The molecule has 1 aromatic heterocycles. The van der Waals surface area contributed by atoms with Crippen LogP contribution in [0, 0.1) is 11.6 Å². The Morgan fingerprint density at radius 2 is 1.73 bits per heavy atom. The Kier molecular flexibility index (Phi) is 7.87. The van der Waals surface area contributed by atoms with Crippen molar-refractivity contribution in [3.05, 3.63) is 54.1 Å². The highest BCUT2D eigenvalue weighted by Gasteiger charge is 2.27. The quantitative estimate of drug-likeness (QED) is 0.490. The van der Waals surface area contributed by atoms with Gasteiger partial charge in [0, 0.05) is 13.1 Å². The molecule has 11 heteroatoms. The van der Waals surface area contributed by atoms with Gasteiger partial charge in [0.2, 0.25) is 5.91 Å². The van der Waals surface area contributed by atoms with Crippen LogP contribution >= 0.6 is 23.7 Å². The van der Waals surface area contributed by atoms with Crippen LogP contribution in [0.25, 0.3) is 10.2 Å². The SMILES string of the molecule is CN(C)CCN(C(=O)CS(=O)(=O)c1ccc(F)cc1)c1nc2c(F)cccc2s1.Cl. The number of fused-ring (bicyclic) bond motifs is 1. The summed E-state index contributed by atoms with van der Waals surface area (Å²) in [4.78, 5) is 20.1. The number of thiazole rings is 1. The summed E-state index contributed by atoms with van der Waals surface area (Å²) in [5, 5.41) is 0.228. The van der Waals surface area contributed by atoms with Crippen LogP contribution in [-0.2, 0) is 14.6 Å². The number of anilines is 1. The molecule has 0 fully saturated rings. The molecule has 6 nitrogen and oxygen atoms in total. The number of hydrogen-bond acceptors (Lipinski definition) is 6. The van der Waals surface area contributed by atoms with E-state index in [-0.39, 0.29) is 34.5 Å². The van der Waals surface area contributed by atoms with Gasteiger partial charge in [-0.1, -0.05) is 17.4 Å². The van der Waals surface area contributed by atoms with E-state index in [0.717, 1.165) is 35.6 Å². The molecule has 0 spiro atoms. The van der Waals surface area contributed by atoms with E-state index in [9.17, 15) is 22.0 Å². The van der Waals surface area contributed by atoms with Crippen LogP contribution in [0.1, 0.15) is 0 Å². The summed E-state index contributed by atoms with van der Waals surface area (Å²) < 4.78 is 52.8. The summed E-state index contributed by atoms with van der Waals surface area (Å²) in [6.45, 7) is 0.646. The molecule has 0 radical (unpaired) electrons. The number of aromatic nitrogens is 1. The van der Waals surface area contributed by atoms with Crippen LogP contribution in [0.3, 0.4) is 0 Å². The van der Waals surface area contributed by atoms with E-state index in [1.807, 2.05) is 19.0 Å². The Morgan fingerprint density at radius 1 is 1.07 bits per heavy atom. The van der Waals surface area contributed by atoms with Crippen molar-refractivity contribution >= 4 is 54.8 Å². The lowest BCUT2D eigenvalue weighted by Gasteiger charge is -2.22. The first-order valence-electron chi connectivity index (χ1n) is 8.66. The Hall–Kier alpha value is -2.14. The zero-order valence-electron chi connectivity index (χ0n) is 16.2. The minimum atomic E-state index is -3.97. The third-order valence-corrected chi connectivity index (χ3v) is 6.81. The molecule has 0 unspecified atom stereocenters.